The second-order valence-electron chi connectivity index (χ2n) is 5.08. The number of hydrogen-bond acceptors (Lipinski definition) is 4. The fourth-order valence-corrected chi connectivity index (χ4v) is 3.65. The number of ether oxygens (including phenoxy) is 1. The van der Waals surface area contributed by atoms with Gasteiger partial charge in [0.2, 0.25) is 0 Å². The summed E-state index contributed by atoms with van der Waals surface area (Å²) in [5.41, 5.74) is -0.130. The molecule has 2 unspecified atom stereocenters. The first-order chi connectivity index (χ1) is 9.87. The topological polar surface area (TPSA) is 60.4 Å². The van der Waals surface area contributed by atoms with Gasteiger partial charge in [-0.3, -0.25) is 0 Å². The summed E-state index contributed by atoms with van der Waals surface area (Å²) < 4.78 is 41.2. The lowest BCUT2D eigenvalue weighted by molar-refractivity contribution is 0.0600. The third-order valence-corrected chi connectivity index (χ3v) is 4.57. The molecule has 1 aromatic carbocycles. The van der Waals surface area contributed by atoms with Crippen molar-refractivity contribution in [2.24, 2.45) is 0 Å². The van der Waals surface area contributed by atoms with Gasteiger partial charge in [0, 0.05) is 5.41 Å². The number of carbonyl (C=O) groups excluding carboxylic acids is 1. The molecule has 0 heterocycles. The molecule has 0 spiro atoms. The second-order valence-corrected chi connectivity index (χ2v) is 6.06. The molecule has 1 aromatic rings. The van der Waals surface area contributed by atoms with E-state index in [-0.39, 0.29) is 5.75 Å². The fourth-order valence-electron chi connectivity index (χ4n) is 2.60. The van der Waals surface area contributed by atoms with Crippen molar-refractivity contribution in [3.63, 3.8) is 0 Å². The lowest BCUT2D eigenvalue weighted by Gasteiger charge is -2.34. The van der Waals surface area contributed by atoms with E-state index < -0.39 is 28.3 Å². The van der Waals surface area contributed by atoms with Crippen molar-refractivity contribution in [3.05, 3.63) is 35.4 Å². The molecular formula is C15H21FO4S. The molecular weight excluding hydrogens is 295 g/mol. The van der Waals surface area contributed by atoms with Crippen molar-refractivity contribution in [2.45, 2.75) is 38.3 Å². The molecule has 2 atom stereocenters. The van der Waals surface area contributed by atoms with E-state index in [1.165, 1.54) is 26.2 Å². The lowest BCUT2D eigenvalue weighted by atomic mass is 9.75. The highest BCUT2D eigenvalue weighted by molar-refractivity contribution is 7.72. The molecule has 0 N–H and O–H groups in total. The molecule has 0 saturated carbocycles. The third-order valence-electron chi connectivity index (χ3n) is 3.75. The first-order valence-corrected chi connectivity index (χ1v) is 8.18. The summed E-state index contributed by atoms with van der Waals surface area (Å²) in [6.07, 6.45) is -0.226. The third kappa shape index (κ3) is 4.03. The van der Waals surface area contributed by atoms with E-state index in [0.717, 1.165) is 0 Å². The number of benzene rings is 1. The van der Waals surface area contributed by atoms with E-state index in [1.807, 2.05) is 6.92 Å². The van der Waals surface area contributed by atoms with E-state index in [2.05, 4.69) is 4.74 Å². The molecule has 21 heavy (non-hydrogen) atoms. The van der Waals surface area contributed by atoms with Gasteiger partial charge in [-0.25, -0.2) is 17.6 Å². The van der Waals surface area contributed by atoms with Crippen molar-refractivity contribution in [3.8, 4) is 0 Å². The van der Waals surface area contributed by atoms with Crippen LogP contribution in [0.1, 0.15) is 42.6 Å². The van der Waals surface area contributed by atoms with Crippen LogP contribution in [0, 0.1) is 0 Å². The van der Waals surface area contributed by atoms with E-state index in [1.54, 1.807) is 12.1 Å². The van der Waals surface area contributed by atoms with Crippen LogP contribution in [-0.4, -0.2) is 33.4 Å². The average molecular weight is 316 g/mol. The number of methoxy groups -OCH3 is 1. The molecule has 0 radical (unpaired) electrons. The highest BCUT2D eigenvalue weighted by atomic mass is 32.2. The van der Waals surface area contributed by atoms with E-state index in [0.29, 0.717) is 24.0 Å². The largest absolute Gasteiger partial charge is 0.465 e. The van der Waals surface area contributed by atoms with Crippen molar-refractivity contribution < 1.29 is 22.3 Å². The van der Waals surface area contributed by atoms with Gasteiger partial charge in [0.25, 0.3) is 0 Å². The maximum Gasteiger partial charge on any atom is 0.337 e. The molecule has 118 valence electrons. The molecule has 0 saturated heterocycles. The zero-order chi connectivity index (χ0) is 16.0. The Balaban J connectivity index is 3.27. The quantitative estimate of drug-likeness (QED) is 0.620. The highest BCUT2D eigenvalue weighted by Gasteiger charge is 2.38. The number of rotatable bonds is 7. The predicted octanol–water partition coefficient (Wildman–Crippen LogP) is 2.48. The monoisotopic (exact) mass is 316 g/mol. The standard InChI is InChI=1S/C15H21FO4S/c1-4-9-15(11(2)16,10-21(18)19)13-7-5-12(6-8-13)14(17)20-3/h5-8,11,21H,4,9-10H2,1-3H3. The van der Waals surface area contributed by atoms with Crippen LogP contribution in [0.15, 0.2) is 24.3 Å². The van der Waals surface area contributed by atoms with Crippen LogP contribution in [0.25, 0.3) is 0 Å². The summed E-state index contributed by atoms with van der Waals surface area (Å²) in [5.74, 6) is -0.725. The van der Waals surface area contributed by atoms with Crippen LogP contribution < -0.4 is 0 Å². The SMILES string of the molecule is CCCC(C[SH](=O)=O)(c1ccc(C(=O)OC)cc1)C(C)F. The number of esters is 1. The van der Waals surface area contributed by atoms with Crippen LogP contribution in [0.3, 0.4) is 0 Å². The summed E-state index contributed by atoms with van der Waals surface area (Å²) in [5, 5.41) is 0. The van der Waals surface area contributed by atoms with Gasteiger partial charge in [0.05, 0.1) is 18.4 Å². The summed E-state index contributed by atoms with van der Waals surface area (Å²) >= 11 is 0. The Morgan fingerprint density at radius 3 is 2.29 bits per heavy atom. The van der Waals surface area contributed by atoms with E-state index in [4.69, 9.17) is 0 Å². The molecule has 1 rings (SSSR count). The molecule has 0 fully saturated rings. The number of halogens is 1. The van der Waals surface area contributed by atoms with Crippen LogP contribution in [0.2, 0.25) is 0 Å². The number of carbonyl (C=O) groups is 1. The Labute approximate surface area is 126 Å². The normalized spacial score (nSPS) is 15.5. The Morgan fingerprint density at radius 2 is 1.90 bits per heavy atom. The Kier molecular flexibility index (Phi) is 6.33. The van der Waals surface area contributed by atoms with Crippen LogP contribution in [0.4, 0.5) is 4.39 Å². The van der Waals surface area contributed by atoms with E-state index >= 15 is 0 Å². The summed E-state index contributed by atoms with van der Waals surface area (Å²) in [7, 11) is -1.43. The van der Waals surface area contributed by atoms with Gasteiger partial charge in [-0.15, -0.1) is 0 Å². The van der Waals surface area contributed by atoms with Gasteiger partial charge < -0.3 is 4.74 Å². The van der Waals surface area contributed by atoms with Crippen LogP contribution in [0.5, 0.6) is 0 Å². The van der Waals surface area contributed by atoms with Crippen LogP contribution in [-0.2, 0) is 20.9 Å². The molecule has 4 nitrogen and oxygen atoms in total. The molecule has 0 aliphatic heterocycles. The van der Waals surface area contributed by atoms with Crippen molar-refractivity contribution in [2.75, 3.05) is 12.9 Å². The van der Waals surface area contributed by atoms with Crippen LogP contribution >= 0.6 is 0 Å². The first-order valence-electron chi connectivity index (χ1n) is 6.82. The Morgan fingerprint density at radius 1 is 1.33 bits per heavy atom. The van der Waals surface area contributed by atoms with Crippen molar-refractivity contribution >= 4 is 16.7 Å². The Bertz CT molecular complexity index is 543. The van der Waals surface area contributed by atoms with Gasteiger partial charge in [0.15, 0.2) is 0 Å². The summed E-state index contributed by atoms with van der Waals surface area (Å²) in [4.78, 5) is 11.4. The molecule has 6 heteroatoms. The van der Waals surface area contributed by atoms with Gasteiger partial charge in [-0.05, 0) is 31.0 Å². The maximum atomic E-state index is 14.2. The average Bonchev–Trinajstić information content (AvgIpc) is 2.45. The smallest absolute Gasteiger partial charge is 0.337 e. The highest BCUT2D eigenvalue weighted by Crippen LogP contribution is 2.35. The molecule has 0 aliphatic carbocycles. The zero-order valence-electron chi connectivity index (χ0n) is 12.5. The van der Waals surface area contributed by atoms with Gasteiger partial charge in [0.1, 0.15) is 16.9 Å². The second kappa shape index (κ2) is 7.54. The lowest BCUT2D eigenvalue weighted by Crippen LogP contribution is -2.39. The van der Waals surface area contributed by atoms with Gasteiger partial charge in [-0.1, -0.05) is 25.5 Å². The molecule has 0 aliphatic rings. The number of hydrogen-bond donors (Lipinski definition) is 1. The summed E-state index contributed by atoms with van der Waals surface area (Å²) in [6, 6.07) is 6.28. The first kappa shape index (κ1) is 17.6. The minimum atomic E-state index is -2.71. The molecule has 0 aromatic heterocycles. The predicted molar refractivity (Wildman–Crippen MR) is 80.1 cm³/mol. The molecule has 0 amide bonds. The Hall–Kier alpha value is -1.43. The maximum absolute atomic E-state index is 14.2. The van der Waals surface area contributed by atoms with Crippen molar-refractivity contribution in [1.29, 1.82) is 0 Å². The van der Waals surface area contributed by atoms with Gasteiger partial charge in [-0.2, -0.15) is 0 Å². The minimum absolute atomic E-state index is 0.245. The van der Waals surface area contributed by atoms with Gasteiger partial charge >= 0.3 is 5.97 Å². The number of alkyl halides is 1. The fraction of sp³-hybridized carbons (Fsp3) is 0.533. The van der Waals surface area contributed by atoms with E-state index in [9.17, 15) is 17.6 Å². The minimum Gasteiger partial charge on any atom is -0.465 e. The number of thiol groups is 1. The molecule has 0 bridgehead atoms. The summed E-state index contributed by atoms with van der Waals surface area (Å²) in [6.45, 7) is 3.26. The van der Waals surface area contributed by atoms with Crippen molar-refractivity contribution in [1.82, 2.24) is 0 Å². The zero-order valence-corrected chi connectivity index (χ0v) is 13.4.